The number of carbonyl (C=O) groups excluding carboxylic acids is 1. The van der Waals surface area contributed by atoms with E-state index < -0.39 is 11.4 Å². The van der Waals surface area contributed by atoms with Gasteiger partial charge < -0.3 is 11.5 Å². The standard InChI is InChI=1S/C12H16F3N3OS/c13-12(14,15)20-5-4-18(8-11(17)19)7-9-2-1-3-10(16)6-9/h1-3,6H,4-5,7-8,16H2,(H2,17,19). The minimum absolute atomic E-state index is 0.0901. The number of anilines is 1. The smallest absolute Gasteiger partial charge is 0.399 e. The number of halogens is 3. The molecule has 20 heavy (non-hydrogen) atoms. The van der Waals surface area contributed by atoms with Crippen LogP contribution in [0.4, 0.5) is 18.9 Å². The summed E-state index contributed by atoms with van der Waals surface area (Å²) in [6.07, 6.45) is 0. The number of benzene rings is 1. The average Bonchev–Trinajstić information content (AvgIpc) is 2.26. The van der Waals surface area contributed by atoms with Crippen molar-refractivity contribution in [2.45, 2.75) is 12.1 Å². The number of nitrogens with zero attached hydrogens (tertiary/aromatic N) is 1. The van der Waals surface area contributed by atoms with Crippen molar-refractivity contribution >= 4 is 23.4 Å². The summed E-state index contributed by atoms with van der Waals surface area (Å²) in [6, 6.07) is 6.96. The average molecular weight is 307 g/mol. The van der Waals surface area contributed by atoms with Gasteiger partial charge in [-0.25, -0.2) is 0 Å². The fourth-order valence-electron chi connectivity index (χ4n) is 1.67. The van der Waals surface area contributed by atoms with E-state index in [1.54, 1.807) is 29.2 Å². The Morgan fingerprint density at radius 2 is 2.05 bits per heavy atom. The second-order valence-corrected chi connectivity index (χ2v) is 5.38. The number of rotatable bonds is 7. The normalized spacial score (nSPS) is 11.8. The van der Waals surface area contributed by atoms with Crippen molar-refractivity contribution < 1.29 is 18.0 Å². The predicted molar refractivity (Wildman–Crippen MR) is 73.8 cm³/mol. The SMILES string of the molecule is NC(=O)CN(CCSC(F)(F)F)Cc1cccc(N)c1. The van der Waals surface area contributed by atoms with E-state index in [0.717, 1.165) is 5.56 Å². The van der Waals surface area contributed by atoms with Crippen LogP contribution >= 0.6 is 11.8 Å². The number of nitrogens with two attached hydrogens (primary N) is 2. The van der Waals surface area contributed by atoms with Crippen molar-refractivity contribution in [2.75, 3.05) is 24.6 Å². The third kappa shape index (κ3) is 7.25. The molecule has 0 unspecified atom stereocenters. The summed E-state index contributed by atoms with van der Waals surface area (Å²) in [4.78, 5) is 12.5. The van der Waals surface area contributed by atoms with Crippen LogP contribution in [0.15, 0.2) is 24.3 Å². The Morgan fingerprint density at radius 3 is 2.60 bits per heavy atom. The Labute approximate surface area is 119 Å². The molecule has 1 aromatic rings. The summed E-state index contributed by atoms with van der Waals surface area (Å²) < 4.78 is 36.3. The van der Waals surface area contributed by atoms with Gasteiger partial charge in [0.1, 0.15) is 0 Å². The summed E-state index contributed by atoms with van der Waals surface area (Å²) in [7, 11) is 0. The van der Waals surface area contributed by atoms with Gasteiger partial charge in [-0.2, -0.15) is 13.2 Å². The van der Waals surface area contributed by atoms with Crippen LogP contribution in [-0.2, 0) is 11.3 Å². The molecule has 0 aliphatic rings. The van der Waals surface area contributed by atoms with Gasteiger partial charge in [-0.15, -0.1) is 0 Å². The van der Waals surface area contributed by atoms with E-state index in [0.29, 0.717) is 12.2 Å². The number of alkyl halides is 3. The lowest BCUT2D eigenvalue weighted by molar-refractivity contribution is -0.119. The van der Waals surface area contributed by atoms with E-state index in [-0.39, 0.29) is 30.6 Å². The topological polar surface area (TPSA) is 72.4 Å². The molecule has 0 saturated carbocycles. The molecule has 0 spiro atoms. The quantitative estimate of drug-likeness (QED) is 0.754. The van der Waals surface area contributed by atoms with Crippen LogP contribution in [0.2, 0.25) is 0 Å². The molecule has 0 atom stereocenters. The van der Waals surface area contributed by atoms with Gasteiger partial charge in [-0.05, 0) is 29.5 Å². The first-order valence-electron chi connectivity index (χ1n) is 5.82. The number of nitrogen functional groups attached to an aromatic ring is 1. The molecule has 112 valence electrons. The molecule has 4 nitrogen and oxygen atoms in total. The number of primary amides is 1. The molecule has 0 bridgehead atoms. The van der Waals surface area contributed by atoms with Crippen LogP contribution < -0.4 is 11.5 Å². The molecule has 0 heterocycles. The maximum absolute atomic E-state index is 12.1. The highest BCUT2D eigenvalue weighted by Gasteiger charge is 2.28. The first-order valence-corrected chi connectivity index (χ1v) is 6.80. The Hall–Kier alpha value is -1.41. The highest BCUT2D eigenvalue weighted by atomic mass is 32.2. The van der Waals surface area contributed by atoms with Gasteiger partial charge in [0, 0.05) is 24.5 Å². The van der Waals surface area contributed by atoms with E-state index in [9.17, 15) is 18.0 Å². The van der Waals surface area contributed by atoms with Crippen molar-refractivity contribution in [1.82, 2.24) is 4.90 Å². The number of thioether (sulfide) groups is 1. The maximum Gasteiger partial charge on any atom is 0.441 e. The van der Waals surface area contributed by atoms with E-state index in [2.05, 4.69) is 0 Å². The van der Waals surface area contributed by atoms with E-state index in [4.69, 9.17) is 11.5 Å². The third-order valence-corrected chi connectivity index (χ3v) is 3.12. The van der Waals surface area contributed by atoms with Gasteiger partial charge in [-0.3, -0.25) is 9.69 Å². The van der Waals surface area contributed by atoms with Gasteiger partial charge in [0.05, 0.1) is 6.54 Å². The van der Waals surface area contributed by atoms with Gasteiger partial charge in [0.2, 0.25) is 5.91 Å². The van der Waals surface area contributed by atoms with Gasteiger partial charge in [0.25, 0.3) is 0 Å². The third-order valence-electron chi connectivity index (χ3n) is 2.41. The number of carbonyl (C=O) groups is 1. The molecule has 0 aliphatic carbocycles. The summed E-state index contributed by atoms with van der Waals surface area (Å²) in [5.41, 5.74) is 7.85. The van der Waals surface area contributed by atoms with Crippen LogP contribution in [-0.4, -0.2) is 35.2 Å². The van der Waals surface area contributed by atoms with E-state index >= 15 is 0 Å². The Balaban J connectivity index is 2.57. The first kappa shape index (κ1) is 16.6. The van der Waals surface area contributed by atoms with Crippen LogP contribution in [0.1, 0.15) is 5.56 Å². The highest BCUT2D eigenvalue weighted by Crippen LogP contribution is 2.29. The number of amides is 1. The summed E-state index contributed by atoms with van der Waals surface area (Å²) in [5, 5.41) is 0. The van der Waals surface area contributed by atoms with Crippen molar-refractivity contribution in [3.63, 3.8) is 0 Å². The summed E-state index contributed by atoms with van der Waals surface area (Å²) >= 11 is -0.116. The zero-order chi connectivity index (χ0) is 15.2. The molecule has 0 aromatic heterocycles. The molecule has 1 amide bonds. The maximum atomic E-state index is 12.1. The zero-order valence-corrected chi connectivity index (χ0v) is 11.5. The highest BCUT2D eigenvalue weighted by molar-refractivity contribution is 8.00. The lowest BCUT2D eigenvalue weighted by atomic mass is 10.2. The molecule has 1 rings (SSSR count). The van der Waals surface area contributed by atoms with Gasteiger partial charge in [-0.1, -0.05) is 12.1 Å². The molecule has 1 aromatic carbocycles. The van der Waals surface area contributed by atoms with Crippen LogP contribution in [0.5, 0.6) is 0 Å². The fraction of sp³-hybridized carbons (Fsp3) is 0.417. The molecule has 4 N–H and O–H groups in total. The Morgan fingerprint density at radius 1 is 1.35 bits per heavy atom. The molecule has 0 saturated heterocycles. The van der Waals surface area contributed by atoms with Crippen molar-refractivity contribution in [2.24, 2.45) is 5.73 Å². The molecular formula is C12H16F3N3OS. The minimum Gasteiger partial charge on any atom is -0.399 e. The largest absolute Gasteiger partial charge is 0.441 e. The van der Waals surface area contributed by atoms with Crippen LogP contribution in [0.25, 0.3) is 0 Å². The molecular weight excluding hydrogens is 291 g/mol. The first-order chi connectivity index (χ1) is 9.26. The monoisotopic (exact) mass is 307 g/mol. The molecule has 0 aliphatic heterocycles. The van der Waals surface area contributed by atoms with Crippen molar-refractivity contribution in [3.8, 4) is 0 Å². The fourth-order valence-corrected chi connectivity index (χ4v) is 2.26. The minimum atomic E-state index is -4.27. The van der Waals surface area contributed by atoms with Gasteiger partial charge in [0.15, 0.2) is 0 Å². The number of hydrogen-bond donors (Lipinski definition) is 2. The lowest BCUT2D eigenvalue weighted by Gasteiger charge is -2.21. The van der Waals surface area contributed by atoms with Crippen molar-refractivity contribution in [1.29, 1.82) is 0 Å². The Kier molecular flexibility index (Phi) is 6.15. The summed E-state index contributed by atoms with van der Waals surface area (Å²) in [5.74, 6) is -0.732. The van der Waals surface area contributed by atoms with E-state index in [1.165, 1.54) is 0 Å². The number of hydrogen-bond acceptors (Lipinski definition) is 4. The second kappa shape index (κ2) is 7.39. The van der Waals surface area contributed by atoms with Crippen molar-refractivity contribution in [3.05, 3.63) is 29.8 Å². The molecule has 0 fully saturated rings. The lowest BCUT2D eigenvalue weighted by Crippen LogP contribution is -2.35. The second-order valence-electron chi connectivity index (χ2n) is 4.22. The molecule has 8 heteroatoms. The Bertz CT molecular complexity index is 454. The molecule has 0 radical (unpaired) electrons. The zero-order valence-electron chi connectivity index (χ0n) is 10.7. The van der Waals surface area contributed by atoms with Crippen LogP contribution in [0, 0.1) is 0 Å². The van der Waals surface area contributed by atoms with E-state index in [1.807, 2.05) is 0 Å². The summed E-state index contributed by atoms with van der Waals surface area (Å²) in [6.45, 7) is 0.349. The van der Waals surface area contributed by atoms with Crippen LogP contribution in [0.3, 0.4) is 0 Å². The predicted octanol–water partition coefficient (Wildman–Crippen LogP) is 1.81. The van der Waals surface area contributed by atoms with Gasteiger partial charge >= 0.3 is 5.51 Å².